The first-order valence-electron chi connectivity index (χ1n) is 8.52. The summed E-state index contributed by atoms with van der Waals surface area (Å²) >= 11 is 0. The summed E-state index contributed by atoms with van der Waals surface area (Å²) in [6.07, 6.45) is 6.60. The maximum Gasteiger partial charge on any atom is 0.224 e. The lowest BCUT2D eigenvalue weighted by Crippen LogP contribution is -2.38. The van der Waals surface area contributed by atoms with Crippen LogP contribution in [0.5, 0.6) is 0 Å². The highest BCUT2D eigenvalue weighted by atomic mass is 16.5. The topological polar surface area (TPSA) is 50.1 Å². The summed E-state index contributed by atoms with van der Waals surface area (Å²) in [5.74, 6) is 1.59. The molecule has 0 bridgehead atoms. The molecular weight excluding hydrogens is 304 g/mol. The summed E-state index contributed by atoms with van der Waals surface area (Å²) in [6, 6.07) is 4.13. The van der Waals surface area contributed by atoms with E-state index in [-0.39, 0.29) is 5.91 Å². The lowest BCUT2D eigenvalue weighted by atomic mass is 9.93. The molecule has 6 heteroatoms. The third-order valence-electron chi connectivity index (χ3n) is 4.72. The number of methoxy groups -OCH3 is 1. The van der Waals surface area contributed by atoms with Crippen molar-refractivity contribution in [3.8, 4) is 0 Å². The van der Waals surface area contributed by atoms with Gasteiger partial charge in [0.1, 0.15) is 0 Å². The molecule has 0 aliphatic carbocycles. The van der Waals surface area contributed by atoms with Crippen LogP contribution in [-0.2, 0) is 9.53 Å². The Morgan fingerprint density at radius 3 is 2.79 bits per heavy atom. The Morgan fingerprint density at radius 2 is 2.12 bits per heavy atom. The van der Waals surface area contributed by atoms with Crippen LogP contribution in [0.3, 0.4) is 0 Å². The molecule has 24 heavy (non-hydrogen) atoms. The molecule has 0 aromatic carbocycles. The van der Waals surface area contributed by atoms with Gasteiger partial charge in [0.25, 0.3) is 0 Å². The fourth-order valence-corrected chi connectivity index (χ4v) is 3.34. The molecular formula is C18H26N4O2. The van der Waals surface area contributed by atoms with Crippen molar-refractivity contribution >= 4 is 17.2 Å². The van der Waals surface area contributed by atoms with E-state index in [4.69, 9.17) is 9.72 Å². The fraction of sp³-hybridized carbons (Fsp3) is 0.556. The molecule has 2 aromatic heterocycles. The SMILES string of the molecule is COCCC(=O)N1CCC(c2cn3cccc3c(N(C)C)n2)CC1. The number of rotatable bonds is 5. The van der Waals surface area contributed by atoms with Crippen molar-refractivity contribution in [2.75, 3.05) is 45.8 Å². The van der Waals surface area contributed by atoms with Crippen molar-refractivity contribution in [2.24, 2.45) is 0 Å². The molecule has 2 aromatic rings. The van der Waals surface area contributed by atoms with E-state index in [1.54, 1.807) is 7.11 Å². The van der Waals surface area contributed by atoms with Gasteiger partial charge in [-0.25, -0.2) is 4.98 Å². The molecule has 1 aliphatic heterocycles. The van der Waals surface area contributed by atoms with Crippen LogP contribution in [0.15, 0.2) is 24.5 Å². The van der Waals surface area contributed by atoms with Crippen LogP contribution in [0.25, 0.3) is 5.52 Å². The third-order valence-corrected chi connectivity index (χ3v) is 4.72. The number of nitrogens with zero attached hydrogens (tertiary/aromatic N) is 4. The number of aromatic nitrogens is 2. The van der Waals surface area contributed by atoms with Gasteiger partial charge in [0.05, 0.1) is 24.2 Å². The summed E-state index contributed by atoms with van der Waals surface area (Å²) < 4.78 is 7.14. The lowest BCUT2D eigenvalue weighted by Gasteiger charge is -2.32. The summed E-state index contributed by atoms with van der Waals surface area (Å²) in [5.41, 5.74) is 2.24. The number of piperidine rings is 1. The third kappa shape index (κ3) is 3.38. The highest BCUT2D eigenvalue weighted by Crippen LogP contribution is 2.29. The van der Waals surface area contributed by atoms with Crippen LogP contribution >= 0.6 is 0 Å². The number of ether oxygens (including phenoxy) is 1. The second-order valence-corrected chi connectivity index (χ2v) is 6.58. The molecule has 0 radical (unpaired) electrons. The Labute approximate surface area is 143 Å². The number of amides is 1. The van der Waals surface area contributed by atoms with Gasteiger partial charge in [0.2, 0.25) is 5.91 Å². The van der Waals surface area contributed by atoms with E-state index in [0.717, 1.165) is 43.0 Å². The zero-order valence-electron chi connectivity index (χ0n) is 14.7. The maximum absolute atomic E-state index is 12.1. The van der Waals surface area contributed by atoms with Crippen LogP contribution < -0.4 is 4.90 Å². The number of hydrogen-bond donors (Lipinski definition) is 0. The van der Waals surface area contributed by atoms with Crippen LogP contribution in [0.4, 0.5) is 5.82 Å². The van der Waals surface area contributed by atoms with Crippen LogP contribution in [0.1, 0.15) is 30.9 Å². The van der Waals surface area contributed by atoms with Gasteiger partial charge in [-0.2, -0.15) is 0 Å². The highest BCUT2D eigenvalue weighted by molar-refractivity contribution is 5.76. The van der Waals surface area contributed by atoms with Crippen molar-refractivity contribution in [1.82, 2.24) is 14.3 Å². The molecule has 1 fully saturated rings. The first kappa shape index (κ1) is 16.8. The molecule has 130 valence electrons. The first-order chi connectivity index (χ1) is 11.6. The second-order valence-electron chi connectivity index (χ2n) is 6.58. The molecule has 0 N–H and O–H groups in total. The van der Waals surface area contributed by atoms with E-state index in [9.17, 15) is 4.79 Å². The van der Waals surface area contributed by atoms with Crippen LogP contribution in [-0.4, -0.2) is 61.1 Å². The van der Waals surface area contributed by atoms with Gasteiger partial charge < -0.3 is 18.9 Å². The normalized spacial score (nSPS) is 15.9. The fourth-order valence-electron chi connectivity index (χ4n) is 3.34. The van der Waals surface area contributed by atoms with E-state index in [1.165, 1.54) is 0 Å². The van der Waals surface area contributed by atoms with Crippen molar-refractivity contribution in [3.05, 3.63) is 30.2 Å². The number of carbonyl (C=O) groups excluding carboxylic acids is 1. The summed E-state index contributed by atoms with van der Waals surface area (Å²) in [7, 11) is 5.68. The molecule has 1 saturated heterocycles. The van der Waals surface area contributed by atoms with E-state index in [0.29, 0.717) is 18.9 Å². The lowest BCUT2D eigenvalue weighted by molar-refractivity contribution is -0.133. The molecule has 0 saturated carbocycles. The van der Waals surface area contributed by atoms with E-state index >= 15 is 0 Å². The van der Waals surface area contributed by atoms with E-state index in [1.807, 2.05) is 25.1 Å². The minimum Gasteiger partial charge on any atom is -0.384 e. The van der Waals surface area contributed by atoms with Crippen molar-refractivity contribution < 1.29 is 9.53 Å². The monoisotopic (exact) mass is 330 g/mol. The molecule has 3 heterocycles. The average Bonchev–Trinajstić information content (AvgIpc) is 3.07. The number of fused-ring (bicyclic) bond motifs is 1. The Bertz CT molecular complexity index is 702. The number of anilines is 1. The molecule has 3 rings (SSSR count). The summed E-state index contributed by atoms with van der Waals surface area (Å²) in [6.45, 7) is 2.10. The Hall–Kier alpha value is -2.08. The predicted molar refractivity (Wildman–Crippen MR) is 94.6 cm³/mol. The first-order valence-corrected chi connectivity index (χ1v) is 8.52. The smallest absolute Gasteiger partial charge is 0.224 e. The summed E-state index contributed by atoms with van der Waals surface area (Å²) in [5, 5.41) is 0. The zero-order valence-corrected chi connectivity index (χ0v) is 14.7. The maximum atomic E-state index is 12.1. The quantitative estimate of drug-likeness (QED) is 0.843. The van der Waals surface area contributed by atoms with E-state index < -0.39 is 0 Å². The molecule has 1 amide bonds. The summed E-state index contributed by atoms with van der Waals surface area (Å²) in [4.78, 5) is 21.0. The second kappa shape index (κ2) is 7.21. The van der Waals surface area contributed by atoms with Gasteiger partial charge >= 0.3 is 0 Å². The van der Waals surface area contributed by atoms with Gasteiger partial charge in [0.15, 0.2) is 5.82 Å². The van der Waals surface area contributed by atoms with Gasteiger partial charge in [-0.3, -0.25) is 4.79 Å². The Balaban J connectivity index is 1.72. The van der Waals surface area contributed by atoms with E-state index in [2.05, 4.69) is 27.8 Å². The van der Waals surface area contributed by atoms with Crippen molar-refractivity contribution in [1.29, 1.82) is 0 Å². The molecule has 0 atom stereocenters. The molecule has 1 aliphatic rings. The van der Waals surface area contributed by atoms with Gasteiger partial charge in [0, 0.05) is 52.6 Å². The number of hydrogen-bond acceptors (Lipinski definition) is 4. The minimum absolute atomic E-state index is 0.193. The highest BCUT2D eigenvalue weighted by Gasteiger charge is 2.25. The molecule has 6 nitrogen and oxygen atoms in total. The van der Waals surface area contributed by atoms with Crippen LogP contribution in [0.2, 0.25) is 0 Å². The number of carbonyl (C=O) groups is 1. The van der Waals surface area contributed by atoms with Gasteiger partial charge in [-0.1, -0.05) is 0 Å². The van der Waals surface area contributed by atoms with Crippen molar-refractivity contribution in [2.45, 2.75) is 25.2 Å². The minimum atomic E-state index is 0.193. The Morgan fingerprint density at radius 1 is 1.38 bits per heavy atom. The molecule has 0 spiro atoms. The van der Waals surface area contributed by atoms with Crippen molar-refractivity contribution in [3.63, 3.8) is 0 Å². The zero-order chi connectivity index (χ0) is 17.1. The number of likely N-dealkylation sites (tertiary alicyclic amines) is 1. The largest absolute Gasteiger partial charge is 0.384 e. The van der Waals surface area contributed by atoms with Gasteiger partial charge in [-0.15, -0.1) is 0 Å². The Kier molecular flexibility index (Phi) is 5.04. The predicted octanol–water partition coefficient (Wildman–Crippen LogP) is 2.14. The molecule has 0 unspecified atom stereocenters. The standard InChI is InChI=1S/C18H26N4O2/c1-20(2)18-16-5-4-9-22(16)13-15(19-18)14-6-10-21(11-7-14)17(23)8-12-24-3/h4-5,9,13-14H,6-8,10-12H2,1-3H3. The average molecular weight is 330 g/mol. The van der Waals surface area contributed by atoms with Gasteiger partial charge in [-0.05, 0) is 25.0 Å². The van der Waals surface area contributed by atoms with Crippen LogP contribution in [0, 0.1) is 0 Å².